The van der Waals surface area contributed by atoms with Crippen molar-refractivity contribution in [1.82, 2.24) is 15.2 Å². The molecule has 2 unspecified atom stereocenters. The molecular formula is C51H36N4OS. The lowest BCUT2D eigenvalue weighted by Gasteiger charge is -2.32. The van der Waals surface area contributed by atoms with Gasteiger partial charge in [-0.1, -0.05) is 146 Å². The predicted molar refractivity (Wildman–Crippen MR) is 237 cm³/mol. The highest BCUT2D eigenvalue weighted by molar-refractivity contribution is 7.26. The number of aliphatic imine (C=N–C) groups is 1. The first-order valence-corrected chi connectivity index (χ1v) is 20.5. The van der Waals surface area contributed by atoms with Crippen molar-refractivity contribution in [2.45, 2.75) is 25.2 Å². The minimum Gasteiger partial charge on any atom is -0.454 e. The van der Waals surface area contributed by atoms with E-state index in [0.29, 0.717) is 0 Å². The number of allylic oxidation sites excluding steroid dienone is 1. The first-order chi connectivity index (χ1) is 28.3. The van der Waals surface area contributed by atoms with Crippen molar-refractivity contribution < 1.29 is 4.42 Å². The standard InChI is InChI=1S/C51H36N4OS/c1-3-15-31(16-4-1)49-52-50(32-17-5-2-6-18-32)54-51(53-49)39-25-14-30-44-46(39)38-24-11-22-36(48(38)57-44)35-21-13-29-43-45(35)37-23-12-28-42(47(37)56-43)55-40-26-9-7-19-33(40)34-20-8-10-27-41(34)55/h1-9,11-26,28-30,49,51,53H,10,27H2,(H,52,54). The third kappa shape index (κ3) is 5.08. The summed E-state index contributed by atoms with van der Waals surface area (Å²) in [5.74, 6) is 0.883. The summed E-state index contributed by atoms with van der Waals surface area (Å²) in [4.78, 5) is 5.17. The van der Waals surface area contributed by atoms with E-state index in [-0.39, 0.29) is 12.3 Å². The van der Waals surface area contributed by atoms with Crippen LogP contribution >= 0.6 is 11.3 Å². The van der Waals surface area contributed by atoms with Gasteiger partial charge in [-0.3, -0.25) is 5.32 Å². The lowest BCUT2D eigenvalue weighted by atomic mass is 9.96. The van der Waals surface area contributed by atoms with Crippen LogP contribution in [0.5, 0.6) is 0 Å². The highest BCUT2D eigenvalue weighted by Gasteiger charge is 2.28. The molecule has 1 aliphatic heterocycles. The Bertz CT molecular complexity index is 3260. The van der Waals surface area contributed by atoms with Crippen LogP contribution in [0.1, 0.15) is 46.7 Å². The van der Waals surface area contributed by atoms with E-state index in [2.05, 4.69) is 179 Å². The molecule has 0 saturated heterocycles. The van der Waals surface area contributed by atoms with Gasteiger partial charge < -0.3 is 14.3 Å². The van der Waals surface area contributed by atoms with E-state index in [0.717, 1.165) is 57.4 Å². The molecule has 5 nitrogen and oxygen atoms in total. The largest absolute Gasteiger partial charge is 0.454 e. The smallest absolute Gasteiger partial charge is 0.159 e. The zero-order chi connectivity index (χ0) is 37.5. The first-order valence-electron chi connectivity index (χ1n) is 19.7. The number of amidine groups is 1. The lowest BCUT2D eigenvalue weighted by molar-refractivity contribution is 0.411. The fourth-order valence-corrected chi connectivity index (χ4v) is 10.5. The SMILES string of the molecule is C1=Cc2c(n(-c3cccc4c3oc3cccc(-c5cccc6c5sc5cccc(C7NC(c8ccccc8)=NC(c8ccccc8)N7)c56)c34)c3ccccc23)CC1. The molecule has 0 saturated carbocycles. The number of nitrogens with zero attached hydrogens (tertiary/aromatic N) is 2. The molecule has 2 atom stereocenters. The fourth-order valence-electron chi connectivity index (χ4n) is 9.28. The summed E-state index contributed by atoms with van der Waals surface area (Å²) < 4.78 is 11.9. The number of nitrogens with one attached hydrogen (secondary N) is 2. The number of fused-ring (bicyclic) bond motifs is 9. The Morgan fingerprint density at radius 1 is 0.667 bits per heavy atom. The van der Waals surface area contributed by atoms with Crippen molar-refractivity contribution in [1.29, 1.82) is 0 Å². The number of hydrogen-bond acceptors (Lipinski definition) is 5. The van der Waals surface area contributed by atoms with Crippen LogP contribution < -0.4 is 10.6 Å². The average Bonchev–Trinajstić information content (AvgIpc) is 3.97. The number of rotatable bonds is 5. The van der Waals surface area contributed by atoms with E-state index >= 15 is 0 Å². The van der Waals surface area contributed by atoms with E-state index < -0.39 is 0 Å². The molecule has 0 bridgehead atoms. The Kier molecular flexibility index (Phi) is 7.37. The van der Waals surface area contributed by atoms with Crippen LogP contribution in [0.15, 0.2) is 173 Å². The monoisotopic (exact) mass is 752 g/mol. The lowest BCUT2D eigenvalue weighted by Crippen LogP contribution is -2.45. The molecule has 3 aromatic heterocycles. The summed E-state index contributed by atoms with van der Waals surface area (Å²) in [6, 6.07) is 56.3. The van der Waals surface area contributed by atoms with E-state index in [1.165, 1.54) is 59.0 Å². The minimum atomic E-state index is -0.202. The van der Waals surface area contributed by atoms with E-state index in [4.69, 9.17) is 9.41 Å². The molecule has 0 fully saturated rings. The summed E-state index contributed by atoms with van der Waals surface area (Å²) in [5, 5.41) is 13.7. The maximum absolute atomic E-state index is 6.91. The van der Waals surface area contributed by atoms with Gasteiger partial charge in [0.15, 0.2) is 5.58 Å². The topological polar surface area (TPSA) is 54.5 Å². The quantitative estimate of drug-likeness (QED) is 0.184. The van der Waals surface area contributed by atoms with E-state index in [1.54, 1.807) is 0 Å². The van der Waals surface area contributed by atoms with Gasteiger partial charge in [0.05, 0.1) is 11.2 Å². The Morgan fingerprint density at radius 2 is 1.42 bits per heavy atom. The highest BCUT2D eigenvalue weighted by Crippen LogP contribution is 2.47. The Labute approximate surface area is 333 Å². The second-order valence-electron chi connectivity index (χ2n) is 15.0. The van der Waals surface area contributed by atoms with Crippen LogP contribution in [0, 0.1) is 0 Å². The van der Waals surface area contributed by atoms with E-state index in [9.17, 15) is 0 Å². The number of benzene rings is 7. The second-order valence-corrected chi connectivity index (χ2v) is 16.0. The molecule has 4 heterocycles. The van der Waals surface area contributed by atoms with Crippen molar-refractivity contribution >= 4 is 76.3 Å². The van der Waals surface area contributed by atoms with E-state index in [1.807, 2.05) is 17.4 Å². The molecule has 7 aromatic carbocycles. The zero-order valence-corrected chi connectivity index (χ0v) is 31.8. The predicted octanol–water partition coefficient (Wildman–Crippen LogP) is 12.9. The van der Waals surface area contributed by atoms with Gasteiger partial charge in [0.2, 0.25) is 0 Å². The Balaban J connectivity index is 1.02. The van der Waals surface area contributed by atoms with Gasteiger partial charge in [0.1, 0.15) is 23.8 Å². The first kappa shape index (κ1) is 32.5. The van der Waals surface area contributed by atoms with Gasteiger partial charge in [-0.25, -0.2) is 4.99 Å². The van der Waals surface area contributed by atoms with Gasteiger partial charge >= 0.3 is 0 Å². The second kappa shape index (κ2) is 12.9. The zero-order valence-electron chi connectivity index (χ0n) is 30.9. The molecule has 6 heteroatoms. The van der Waals surface area contributed by atoms with Crippen LogP contribution in [0.3, 0.4) is 0 Å². The Hall–Kier alpha value is -6.73. The molecule has 57 heavy (non-hydrogen) atoms. The van der Waals surface area contributed by atoms with Crippen molar-refractivity contribution in [3.05, 3.63) is 192 Å². The molecule has 1 aliphatic carbocycles. The van der Waals surface area contributed by atoms with Gasteiger partial charge in [0, 0.05) is 58.7 Å². The minimum absolute atomic E-state index is 0.168. The van der Waals surface area contributed by atoms with Crippen LogP contribution in [0.2, 0.25) is 0 Å². The Morgan fingerprint density at radius 3 is 2.33 bits per heavy atom. The van der Waals surface area contributed by atoms with Crippen molar-refractivity contribution in [2.24, 2.45) is 4.99 Å². The normalized spacial score (nSPS) is 16.7. The molecule has 272 valence electrons. The molecule has 0 amide bonds. The number of thiophene rings is 1. The van der Waals surface area contributed by atoms with Crippen molar-refractivity contribution in [2.75, 3.05) is 0 Å². The average molecular weight is 753 g/mol. The third-order valence-corrected chi connectivity index (χ3v) is 13.0. The maximum Gasteiger partial charge on any atom is 0.159 e. The van der Waals surface area contributed by atoms with Crippen LogP contribution in [0.25, 0.3) is 75.9 Å². The molecule has 0 radical (unpaired) electrons. The van der Waals surface area contributed by atoms with Crippen LogP contribution in [-0.4, -0.2) is 10.4 Å². The van der Waals surface area contributed by atoms with Gasteiger partial charge in [-0.15, -0.1) is 11.3 Å². The van der Waals surface area contributed by atoms with Gasteiger partial charge in [-0.05, 0) is 53.8 Å². The third-order valence-electron chi connectivity index (χ3n) is 11.8. The molecule has 0 spiro atoms. The molecule has 2 N–H and O–H groups in total. The molecule has 2 aliphatic rings. The number of para-hydroxylation sites is 2. The summed E-state index contributed by atoms with van der Waals surface area (Å²) in [6.45, 7) is 0. The van der Waals surface area contributed by atoms with Crippen LogP contribution in [0.4, 0.5) is 0 Å². The number of hydrogen-bond donors (Lipinski definition) is 2. The fraction of sp³-hybridized carbons (Fsp3) is 0.0784. The number of furan rings is 1. The maximum atomic E-state index is 6.91. The summed E-state index contributed by atoms with van der Waals surface area (Å²) in [5.41, 5.74) is 12.6. The molecular weight excluding hydrogens is 717 g/mol. The van der Waals surface area contributed by atoms with Crippen molar-refractivity contribution in [3.8, 4) is 16.8 Å². The molecule has 10 aromatic rings. The summed E-state index contributed by atoms with van der Waals surface area (Å²) in [7, 11) is 0. The highest BCUT2D eigenvalue weighted by atomic mass is 32.1. The number of aromatic nitrogens is 1. The van der Waals surface area contributed by atoms with Gasteiger partial charge in [-0.2, -0.15) is 0 Å². The summed E-state index contributed by atoms with van der Waals surface area (Å²) in [6.07, 6.45) is 6.25. The summed E-state index contributed by atoms with van der Waals surface area (Å²) >= 11 is 1.86. The van der Waals surface area contributed by atoms with Crippen LogP contribution in [-0.2, 0) is 6.42 Å². The molecule has 12 rings (SSSR count). The van der Waals surface area contributed by atoms with Gasteiger partial charge in [0.25, 0.3) is 0 Å². The van der Waals surface area contributed by atoms with Crippen molar-refractivity contribution in [3.63, 3.8) is 0 Å².